The van der Waals surface area contributed by atoms with Gasteiger partial charge in [-0.15, -0.1) is 0 Å². The summed E-state index contributed by atoms with van der Waals surface area (Å²) in [5.74, 6) is -0.539. The van der Waals surface area contributed by atoms with Crippen LogP contribution in [-0.4, -0.2) is 29.4 Å². The number of hydrogen-bond donors (Lipinski definition) is 2. The van der Waals surface area contributed by atoms with E-state index in [1.54, 1.807) is 0 Å². The number of unbranched alkanes of at least 4 members (excludes halogenated alkanes) is 1. The number of carbonyl (C=O) groups excluding carboxylic acids is 1. The predicted octanol–water partition coefficient (Wildman–Crippen LogP) is 1.98. The molecule has 0 heterocycles. The molecule has 1 saturated carbocycles. The Kier molecular flexibility index (Phi) is 5.12. The normalized spacial score (nSPS) is 18.7. The number of aliphatic carboxylic acids is 1. The molecular formula is C13H23NO3. The first-order valence-corrected chi connectivity index (χ1v) is 6.55. The molecule has 0 aromatic heterocycles. The fourth-order valence-corrected chi connectivity index (χ4v) is 1.97. The zero-order chi connectivity index (χ0) is 12.9. The molecule has 98 valence electrons. The molecule has 1 rings (SSSR count). The van der Waals surface area contributed by atoms with Crippen LogP contribution in [0.25, 0.3) is 0 Å². The molecule has 0 saturated heterocycles. The molecule has 1 aliphatic rings. The molecule has 0 spiro atoms. The topological polar surface area (TPSA) is 66.4 Å². The minimum absolute atomic E-state index is 0.156. The first-order valence-electron chi connectivity index (χ1n) is 6.55. The summed E-state index contributed by atoms with van der Waals surface area (Å²) in [4.78, 5) is 22.7. The van der Waals surface area contributed by atoms with E-state index in [4.69, 9.17) is 5.11 Å². The van der Waals surface area contributed by atoms with Crippen LogP contribution in [0.5, 0.6) is 0 Å². The summed E-state index contributed by atoms with van der Waals surface area (Å²) >= 11 is 0. The molecule has 0 radical (unpaired) electrons. The predicted molar refractivity (Wildman–Crippen MR) is 65.9 cm³/mol. The van der Waals surface area contributed by atoms with Crippen molar-refractivity contribution in [3.05, 3.63) is 0 Å². The number of carbonyl (C=O) groups is 2. The highest BCUT2D eigenvalue weighted by molar-refractivity contribution is 5.84. The van der Waals surface area contributed by atoms with Gasteiger partial charge < -0.3 is 10.4 Å². The van der Waals surface area contributed by atoms with Crippen molar-refractivity contribution in [2.75, 3.05) is 6.54 Å². The fourth-order valence-electron chi connectivity index (χ4n) is 1.97. The maximum absolute atomic E-state index is 11.7. The minimum Gasteiger partial charge on any atom is -0.481 e. The van der Waals surface area contributed by atoms with Crippen LogP contribution in [0.1, 0.15) is 52.4 Å². The van der Waals surface area contributed by atoms with Crippen molar-refractivity contribution in [2.45, 2.75) is 58.4 Å². The summed E-state index contributed by atoms with van der Waals surface area (Å²) in [6.07, 6.45) is 4.86. The van der Waals surface area contributed by atoms with E-state index in [1.165, 1.54) is 0 Å². The zero-order valence-electron chi connectivity index (χ0n) is 10.8. The largest absolute Gasteiger partial charge is 0.481 e. The molecule has 2 N–H and O–H groups in total. The van der Waals surface area contributed by atoms with Crippen molar-refractivity contribution >= 4 is 11.8 Å². The number of Topliss-reactive ketones (excluding diaryl/α,β-unsaturated/α-hetero) is 1. The second-order valence-corrected chi connectivity index (χ2v) is 4.98. The number of rotatable bonds is 9. The van der Waals surface area contributed by atoms with Crippen LogP contribution in [0.3, 0.4) is 0 Å². The number of hydrogen-bond acceptors (Lipinski definition) is 3. The summed E-state index contributed by atoms with van der Waals surface area (Å²) in [5.41, 5.74) is -0.585. The molecule has 0 aliphatic heterocycles. The standard InChI is InChI=1S/C13H23NO3/c1-3-5-6-10(11(15)4-2)14-9-13(7-8-13)12(16)17/h10,14H,3-9H2,1-2H3,(H,16,17). The van der Waals surface area contributed by atoms with Gasteiger partial charge in [0.15, 0.2) is 0 Å². The van der Waals surface area contributed by atoms with Gasteiger partial charge in [0.25, 0.3) is 0 Å². The highest BCUT2D eigenvalue weighted by Crippen LogP contribution is 2.45. The van der Waals surface area contributed by atoms with Crippen LogP contribution in [0.4, 0.5) is 0 Å². The SMILES string of the molecule is CCCCC(NCC1(C(=O)O)CC1)C(=O)CC. The molecule has 4 heteroatoms. The summed E-state index contributed by atoms with van der Waals surface area (Å²) in [7, 11) is 0. The van der Waals surface area contributed by atoms with Crippen LogP contribution >= 0.6 is 0 Å². The second kappa shape index (κ2) is 6.15. The van der Waals surface area contributed by atoms with Crippen molar-refractivity contribution in [1.82, 2.24) is 5.32 Å². The number of ketones is 1. The van der Waals surface area contributed by atoms with Crippen LogP contribution in [0.2, 0.25) is 0 Å². The molecular weight excluding hydrogens is 218 g/mol. The molecule has 1 atom stereocenters. The molecule has 0 amide bonds. The van der Waals surface area contributed by atoms with Gasteiger partial charge in [-0.05, 0) is 19.3 Å². The molecule has 1 fully saturated rings. The van der Waals surface area contributed by atoms with Gasteiger partial charge in [-0.1, -0.05) is 26.7 Å². The average molecular weight is 241 g/mol. The first-order chi connectivity index (χ1) is 8.05. The Morgan fingerprint density at radius 1 is 1.35 bits per heavy atom. The molecule has 17 heavy (non-hydrogen) atoms. The Morgan fingerprint density at radius 3 is 2.41 bits per heavy atom. The summed E-state index contributed by atoms with van der Waals surface area (Å²) in [6, 6.07) is -0.156. The van der Waals surface area contributed by atoms with Gasteiger partial charge in [0.2, 0.25) is 0 Å². The highest BCUT2D eigenvalue weighted by Gasteiger charge is 2.50. The van der Waals surface area contributed by atoms with E-state index < -0.39 is 11.4 Å². The summed E-state index contributed by atoms with van der Waals surface area (Å²) in [5, 5.41) is 12.2. The Balaban J connectivity index is 2.43. The van der Waals surface area contributed by atoms with Crippen LogP contribution in [-0.2, 0) is 9.59 Å². The van der Waals surface area contributed by atoms with Crippen molar-refractivity contribution in [1.29, 1.82) is 0 Å². The second-order valence-electron chi connectivity index (χ2n) is 4.98. The number of carboxylic acid groups (broad SMARTS) is 1. The number of carboxylic acids is 1. The van der Waals surface area contributed by atoms with Gasteiger partial charge in [-0.3, -0.25) is 9.59 Å². The summed E-state index contributed by atoms with van der Waals surface area (Å²) < 4.78 is 0. The lowest BCUT2D eigenvalue weighted by Crippen LogP contribution is -2.41. The third-order valence-electron chi connectivity index (χ3n) is 3.58. The highest BCUT2D eigenvalue weighted by atomic mass is 16.4. The lowest BCUT2D eigenvalue weighted by Gasteiger charge is -2.19. The summed E-state index contributed by atoms with van der Waals surface area (Å²) in [6.45, 7) is 4.38. The maximum Gasteiger partial charge on any atom is 0.310 e. The van der Waals surface area contributed by atoms with E-state index in [0.29, 0.717) is 13.0 Å². The van der Waals surface area contributed by atoms with Gasteiger partial charge in [-0.2, -0.15) is 0 Å². The van der Waals surface area contributed by atoms with Crippen LogP contribution in [0, 0.1) is 5.41 Å². The van der Waals surface area contributed by atoms with E-state index in [1.807, 2.05) is 6.92 Å². The molecule has 4 nitrogen and oxygen atoms in total. The van der Waals surface area contributed by atoms with E-state index in [-0.39, 0.29) is 11.8 Å². The maximum atomic E-state index is 11.7. The third kappa shape index (κ3) is 3.80. The van der Waals surface area contributed by atoms with Crippen molar-refractivity contribution in [2.24, 2.45) is 5.41 Å². The minimum atomic E-state index is -0.733. The molecule has 0 aromatic carbocycles. The van der Waals surface area contributed by atoms with Gasteiger partial charge >= 0.3 is 5.97 Å². The van der Waals surface area contributed by atoms with E-state index in [9.17, 15) is 9.59 Å². The van der Waals surface area contributed by atoms with E-state index in [2.05, 4.69) is 12.2 Å². The van der Waals surface area contributed by atoms with E-state index >= 15 is 0 Å². The lowest BCUT2D eigenvalue weighted by atomic mass is 10.0. The van der Waals surface area contributed by atoms with Gasteiger partial charge in [0, 0.05) is 13.0 Å². The quantitative estimate of drug-likeness (QED) is 0.647. The van der Waals surface area contributed by atoms with Crippen molar-refractivity contribution in [3.63, 3.8) is 0 Å². The molecule has 1 aliphatic carbocycles. The Morgan fingerprint density at radius 2 is 2.00 bits per heavy atom. The zero-order valence-corrected chi connectivity index (χ0v) is 10.8. The van der Waals surface area contributed by atoms with Crippen molar-refractivity contribution in [3.8, 4) is 0 Å². The van der Waals surface area contributed by atoms with Crippen LogP contribution < -0.4 is 5.32 Å². The van der Waals surface area contributed by atoms with Crippen molar-refractivity contribution < 1.29 is 14.7 Å². The Labute approximate surface area is 103 Å². The Hall–Kier alpha value is -0.900. The van der Waals surface area contributed by atoms with E-state index in [0.717, 1.165) is 32.1 Å². The Bertz CT molecular complexity index is 284. The third-order valence-corrected chi connectivity index (χ3v) is 3.58. The van der Waals surface area contributed by atoms with Gasteiger partial charge in [0.05, 0.1) is 11.5 Å². The van der Waals surface area contributed by atoms with Gasteiger partial charge in [-0.25, -0.2) is 0 Å². The lowest BCUT2D eigenvalue weighted by molar-refractivity contribution is -0.143. The fraction of sp³-hybridized carbons (Fsp3) is 0.846. The monoisotopic (exact) mass is 241 g/mol. The first kappa shape index (κ1) is 14.2. The molecule has 0 aromatic rings. The molecule has 0 bridgehead atoms. The average Bonchev–Trinajstić information content (AvgIpc) is 3.09. The number of nitrogens with one attached hydrogen (secondary N) is 1. The molecule has 1 unspecified atom stereocenters. The van der Waals surface area contributed by atoms with Crippen LogP contribution in [0.15, 0.2) is 0 Å². The van der Waals surface area contributed by atoms with Gasteiger partial charge in [0.1, 0.15) is 5.78 Å². The smallest absolute Gasteiger partial charge is 0.310 e.